The Morgan fingerprint density at radius 2 is 2.16 bits per heavy atom. The van der Waals surface area contributed by atoms with Gasteiger partial charge in [-0.25, -0.2) is 9.48 Å². The zero-order chi connectivity index (χ0) is 13.2. The van der Waals surface area contributed by atoms with Crippen molar-refractivity contribution in [1.82, 2.24) is 30.0 Å². The van der Waals surface area contributed by atoms with Gasteiger partial charge in [0.15, 0.2) is 0 Å². The van der Waals surface area contributed by atoms with Crippen LogP contribution in [0.3, 0.4) is 0 Å². The minimum Gasteiger partial charge on any atom is -0.478 e. The minimum absolute atomic E-state index is 0.204. The molecule has 19 heavy (non-hydrogen) atoms. The summed E-state index contributed by atoms with van der Waals surface area (Å²) in [5, 5.41) is 24.5. The Kier molecular flexibility index (Phi) is 2.67. The van der Waals surface area contributed by atoms with Crippen molar-refractivity contribution < 1.29 is 9.90 Å². The molecule has 0 aliphatic carbocycles. The number of benzene rings is 1. The minimum atomic E-state index is -0.973. The molecule has 96 valence electrons. The summed E-state index contributed by atoms with van der Waals surface area (Å²) >= 11 is 0. The summed E-state index contributed by atoms with van der Waals surface area (Å²) in [4.78, 5) is 10.9. The SMILES string of the molecule is O=C(O)c1ccc2c(c1)nnn2CCn1ccnn1. The maximum atomic E-state index is 10.9. The third-order valence-electron chi connectivity index (χ3n) is 2.77. The Bertz CT molecular complexity index is 718. The van der Waals surface area contributed by atoms with Gasteiger partial charge in [0.25, 0.3) is 0 Å². The van der Waals surface area contributed by atoms with E-state index < -0.39 is 5.97 Å². The van der Waals surface area contributed by atoms with Crippen LogP contribution in [-0.2, 0) is 13.1 Å². The van der Waals surface area contributed by atoms with Crippen molar-refractivity contribution in [1.29, 1.82) is 0 Å². The highest BCUT2D eigenvalue weighted by Crippen LogP contribution is 2.13. The molecule has 0 amide bonds. The van der Waals surface area contributed by atoms with Gasteiger partial charge in [-0.15, -0.1) is 10.2 Å². The van der Waals surface area contributed by atoms with E-state index in [9.17, 15) is 4.79 Å². The second kappa shape index (κ2) is 4.48. The predicted molar refractivity (Wildman–Crippen MR) is 64.5 cm³/mol. The predicted octanol–water partition coefficient (Wildman–Crippen LogP) is 0.421. The van der Waals surface area contributed by atoms with Crippen LogP contribution in [0.1, 0.15) is 10.4 Å². The molecule has 0 atom stereocenters. The molecule has 0 bridgehead atoms. The number of hydrogen-bond acceptors (Lipinski definition) is 5. The third kappa shape index (κ3) is 2.15. The average molecular weight is 258 g/mol. The lowest BCUT2D eigenvalue weighted by Crippen LogP contribution is -2.09. The molecule has 2 aromatic heterocycles. The fourth-order valence-electron chi connectivity index (χ4n) is 1.82. The zero-order valence-corrected chi connectivity index (χ0v) is 9.84. The zero-order valence-electron chi connectivity index (χ0n) is 9.84. The number of rotatable bonds is 4. The molecular formula is C11H10N6O2. The second-order valence-electron chi connectivity index (χ2n) is 3.99. The van der Waals surface area contributed by atoms with Crippen LogP contribution in [0, 0.1) is 0 Å². The Morgan fingerprint density at radius 3 is 2.89 bits per heavy atom. The number of fused-ring (bicyclic) bond motifs is 1. The quantitative estimate of drug-likeness (QED) is 0.728. The van der Waals surface area contributed by atoms with Crippen LogP contribution < -0.4 is 0 Å². The monoisotopic (exact) mass is 258 g/mol. The van der Waals surface area contributed by atoms with E-state index in [2.05, 4.69) is 20.6 Å². The largest absolute Gasteiger partial charge is 0.478 e. The van der Waals surface area contributed by atoms with Gasteiger partial charge in [-0.05, 0) is 18.2 Å². The Morgan fingerprint density at radius 1 is 1.26 bits per heavy atom. The summed E-state index contributed by atoms with van der Waals surface area (Å²) < 4.78 is 3.40. The van der Waals surface area contributed by atoms with Crippen LogP contribution in [0.4, 0.5) is 0 Å². The average Bonchev–Trinajstić information content (AvgIpc) is 3.05. The van der Waals surface area contributed by atoms with Crippen molar-refractivity contribution >= 4 is 17.0 Å². The molecule has 0 spiro atoms. The second-order valence-corrected chi connectivity index (χ2v) is 3.99. The maximum absolute atomic E-state index is 10.9. The summed E-state index contributed by atoms with van der Waals surface area (Å²) in [7, 11) is 0. The molecule has 3 rings (SSSR count). The van der Waals surface area contributed by atoms with Gasteiger partial charge in [0.05, 0.1) is 30.4 Å². The van der Waals surface area contributed by atoms with E-state index in [4.69, 9.17) is 5.11 Å². The van der Waals surface area contributed by atoms with Gasteiger partial charge < -0.3 is 5.11 Å². The van der Waals surface area contributed by atoms with Crippen molar-refractivity contribution in [2.75, 3.05) is 0 Å². The Balaban J connectivity index is 1.86. The van der Waals surface area contributed by atoms with Crippen molar-refractivity contribution in [2.45, 2.75) is 13.1 Å². The first-order valence-corrected chi connectivity index (χ1v) is 5.65. The van der Waals surface area contributed by atoms with E-state index in [-0.39, 0.29) is 5.56 Å². The van der Waals surface area contributed by atoms with Gasteiger partial charge >= 0.3 is 5.97 Å². The number of aromatic carboxylic acids is 1. The summed E-state index contributed by atoms with van der Waals surface area (Å²) in [6, 6.07) is 4.76. The first-order chi connectivity index (χ1) is 9.24. The van der Waals surface area contributed by atoms with Crippen molar-refractivity contribution in [3.8, 4) is 0 Å². The molecule has 0 unspecified atom stereocenters. The van der Waals surface area contributed by atoms with E-state index in [1.165, 1.54) is 6.07 Å². The van der Waals surface area contributed by atoms with Crippen LogP contribution >= 0.6 is 0 Å². The molecule has 0 aliphatic heterocycles. The molecule has 1 aromatic carbocycles. The number of carbonyl (C=O) groups is 1. The van der Waals surface area contributed by atoms with E-state index in [0.29, 0.717) is 18.6 Å². The first-order valence-electron chi connectivity index (χ1n) is 5.65. The summed E-state index contributed by atoms with van der Waals surface area (Å²) in [6.07, 6.45) is 3.38. The van der Waals surface area contributed by atoms with Crippen LogP contribution in [0.2, 0.25) is 0 Å². The fraction of sp³-hybridized carbons (Fsp3) is 0.182. The molecule has 1 N–H and O–H groups in total. The number of carboxylic acid groups (broad SMARTS) is 1. The summed E-state index contributed by atoms with van der Waals surface area (Å²) in [6.45, 7) is 1.21. The van der Waals surface area contributed by atoms with E-state index in [1.54, 1.807) is 33.9 Å². The number of aryl methyl sites for hydroxylation is 2. The molecule has 8 heteroatoms. The lowest BCUT2D eigenvalue weighted by molar-refractivity contribution is 0.0697. The third-order valence-corrected chi connectivity index (χ3v) is 2.77. The normalized spacial score (nSPS) is 10.9. The molecule has 8 nitrogen and oxygen atoms in total. The standard InChI is InChI=1S/C11H10N6O2/c18-11(19)8-1-2-10-9(7-8)13-15-17(10)6-5-16-4-3-12-14-16/h1-4,7H,5-6H2,(H,18,19). The fourth-order valence-corrected chi connectivity index (χ4v) is 1.82. The smallest absolute Gasteiger partial charge is 0.335 e. The van der Waals surface area contributed by atoms with Crippen LogP contribution in [0.5, 0.6) is 0 Å². The van der Waals surface area contributed by atoms with E-state index in [1.807, 2.05) is 0 Å². The van der Waals surface area contributed by atoms with Gasteiger partial charge in [0.2, 0.25) is 0 Å². The maximum Gasteiger partial charge on any atom is 0.335 e. The Labute approximate surface area is 107 Å². The van der Waals surface area contributed by atoms with Gasteiger partial charge in [-0.3, -0.25) is 4.68 Å². The van der Waals surface area contributed by atoms with Gasteiger partial charge in [-0.2, -0.15) is 0 Å². The highest BCUT2D eigenvalue weighted by molar-refractivity contribution is 5.92. The summed E-state index contributed by atoms with van der Waals surface area (Å²) in [5.74, 6) is -0.973. The molecule has 0 saturated carbocycles. The van der Waals surface area contributed by atoms with Crippen molar-refractivity contribution in [2.24, 2.45) is 0 Å². The number of hydrogen-bond donors (Lipinski definition) is 1. The van der Waals surface area contributed by atoms with E-state index >= 15 is 0 Å². The van der Waals surface area contributed by atoms with Crippen molar-refractivity contribution in [3.63, 3.8) is 0 Å². The summed E-state index contributed by atoms with van der Waals surface area (Å²) in [5.41, 5.74) is 1.57. The lowest BCUT2D eigenvalue weighted by atomic mass is 10.2. The van der Waals surface area contributed by atoms with Crippen LogP contribution in [0.15, 0.2) is 30.6 Å². The molecular weight excluding hydrogens is 248 g/mol. The molecule has 2 heterocycles. The van der Waals surface area contributed by atoms with E-state index in [0.717, 1.165) is 5.52 Å². The van der Waals surface area contributed by atoms with Gasteiger partial charge in [0.1, 0.15) is 5.52 Å². The van der Waals surface area contributed by atoms with Gasteiger partial charge in [0, 0.05) is 6.20 Å². The lowest BCUT2D eigenvalue weighted by Gasteiger charge is -2.02. The number of aromatic nitrogens is 6. The van der Waals surface area contributed by atoms with Gasteiger partial charge in [-0.1, -0.05) is 10.4 Å². The first kappa shape index (κ1) is 11.3. The topological polar surface area (TPSA) is 98.7 Å². The number of nitrogens with zero attached hydrogens (tertiary/aromatic N) is 6. The molecule has 0 saturated heterocycles. The van der Waals surface area contributed by atoms with Crippen molar-refractivity contribution in [3.05, 3.63) is 36.2 Å². The molecule has 0 fully saturated rings. The molecule has 0 aliphatic rings. The van der Waals surface area contributed by atoms with Crippen LogP contribution in [0.25, 0.3) is 11.0 Å². The highest BCUT2D eigenvalue weighted by atomic mass is 16.4. The molecule has 3 aromatic rings. The molecule has 0 radical (unpaired) electrons. The Hall–Kier alpha value is -2.77. The number of carboxylic acids is 1. The highest BCUT2D eigenvalue weighted by Gasteiger charge is 2.08. The van der Waals surface area contributed by atoms with Crippen LogP contribution in [-0.4, -0.2) is 41.1 Å².